The fourth-order valence-corrected chi connectivity index (χ4v) is 3.35. The van der Waals surface area contributed by atoms with Crippen molar-refractivity contribution in [3.05, 3.63) is 24.0 Å². The maximum Gasteiger partial charge on any atom is 0.255 e. The van der Waals surface area contributed by atoms with E-state index in [1.165, 1.54) is 12.8 Å². The first-order chi connectivity index (χ1) is 11.1. The first-order valence-corrected chi connectivity index (χ1v) is 8.50. The average molecular weight is 313 g/mol. The van der Waals surface area contributed by atoms with Crippen molar-refractivity contribution in [3.63, 3.8) is 0 Å². The summed E-state index contributed by atoms with van der Waals surface area (Å²) < 4.78 is 1.89. The van der Waals surface area contributed by atoms with Crippen molar-refractivity contribution < 1.29 is 4.79 Å². The lowest BCUT2D eigenvalue weighted by atomic mass is 10.2. The van der Waals surface area contributed by atoms with E-state index in [1.807, 2.05) is 15.6 Å². The Kier molecular flexibility index (Phi) is 3.56. The van der Waals surface area contributed by atoms with Crippen molar-refractivity contribution in [2.75, 3.05) is 26.2 Å². The van der Waals surface area contributed by atoms with Crippen LogP contribution in [0.25, 0.3) is 11.0 Å². The molecule has 1 aliphatic heterocycles. The second-order valence-electron chi connectivity index (χ2n) is 6.88. The Morgan fingerprint density at radius 1 is 1.17 bits per heavy atom. The number of carbonyl (C=O) groups excluding carboxylic acids is 1. The Bertz CT molecular complexity index is 726. The van der Waals surface area contributed by atoms with Crippen molar-refractivity contribution in [2.24, 2.45) is 0 Å². The molecule has 0 spiro atoms. The van der Waals surface area contributed by atoms with Gasteiger partial charge < -0.3 is 4.90 Å². The topological polar surface area (TPSA) is 54.3 Å². The molecule has 23 heavy (non-hydrogen) atoms. The van der Waals surface area contributed by atoms with Gasteiger partial charge in [-0.1, -0.05) is 0 Å². The summed E-state index contributed by atoms with van der Waals surface area (Å²) in [7, 11) is 0. The van der Waals surface area contributed by atoms with Gasteiger partial charge in [-0.15, -0.1) is 0 Å². The molecule has 1 aliphatic carbocycles. The zero-order chi connectivity index (χ0) is 16.0. The first-order valence-electron chi connectivity index (χ1n) is 8.50. The van der Waals surface area contributed by atoms with E-state index >= 15 is 0 Å². The summed E-state index contributed by atoms with van der Waals surface area (Å²) in [6.45, 7) is 7.78. The molecule has 2 aromatic rings. The van der Waals surface area contributed by atoms with Gasteiger partial charge in [-0.25, -0.2) is 9.67 Å². The Hall–Kier alpha value is -1.95. The fourth-order valence-electron chi connectivity index (χ4n) is 3.35. The molecule has 2 aromatic heterocycles. The monoisotopic (exact) mass is 313 g/mol. The van der Waals surface area contributed by atoms with E-state index in [-0.39, 0.29) is 11.9 Å². The fraction of sp³-hybridized carbons (Fsp3) is 0.588. The summed E-state index contributed by atoms with van der Waals surface area (Å²) >= 11 is 0. The summed E-state index contributed by atoms with van der Waals surface area (Å²) in [4.78, 5) is 21.7. The van der Waals surface area contributed by atoms with E-state index in [9.17, 15) is 4.79 Å². The molecule has 1 saturated carbocycles. The molecule has 1 amide bonds. The summed E-state index contributed by atoms with van der Waals surface area (Å²) in [5.41, 5.74) is 1.51. The Labute approximate surface area is 136 Å². The van der Waals surface area contributed by atoms with E-state index in [0.717, 1.165) is 43.3 Å². The van der Waals surface area contributed by atoms with Gasteiger partial charge in [-0.3, -0.25) is 9.69 Å². The number of piperazine rings is 1. The van der Waals surface area contributed by atoms with E-state index in [2.05, 4.69) is 28.8 Å². The van der Waals surface area contributed by atoms with E-state index in [1.54, 1.807) is 12.4 Å². The smallest absolute Gasteiger partial charge is 0.255 e. The van der Waals surface area contributed by atoms with Crippen molar-refractivity contribution in [3.8, 4) is 0 Å². The molecule has 0 N–H and O–H groups in total. The molecule has 2 fully saturated rings. The van der Waals surface area contributed by atoms with Gasteiger partial charge in [0.15, 0.2) is 5.65 Å². The molecule has 3 heterocycles. The Morgan fingerprint density at radius 2 is 1.91 bits per heavy atom. The van der Waals surface area contributed by atoms with Crippen molar-refractivity contribution >= 4 is 16.9 Å². The van der Waals surface area contributed by atoms with E-state index < -0.39 is 0 Å². The first kappa shape index (κ1) is 14.6. The van der Waals surface area contributed by atoms with Crippen LogP contribution in [0.15, 0.2) is 18.5 Å². The van der Waals surface area contributed by atoms with Gasteiger partial charge in [0.2, 0.25) is 0 Å². The highest BCUT2D eigenvalue weighted by Crippen LogP contribution is 2.27. The van der Waals surface area contributed by atoms with Gasteiger partial charge in [0.1, 0.15) is 0 Å². The largest absolute Gasteiger partial charge is 0.336 e. The zero-order valence-corrected chi connectivity index (χ0v) is 13.8. The van der Waals surface area contributed by atoms with Gasteiger partial charge in [0.25, 0.3) is 5.91 Å². The molecular weight excluding hydrogens is 290 g/mol. The zero-order valence-electron chi connectivity index (χ0n) is 13.8. The Balaban J connectivity index is 1.51. The van der Waals surface area contributed by atoms with Crippen molar-refractivity contribution in [2.45, 2.75) is 38.8 Å². The van der Waals surface area contributed by atoms with Gasteiger partial charge in [0.05, 0.1) is 11.8 Å². The lowest BCUT2D eigenvalue weighted by Crippen LogP contribution is -2.49. The van der Waals surface area contributed by atoms with Gasteiger partial charge in [0, 0.05) is 49.8 Å². The third kappa shape index (κ3) is 2.72. The molecule has 122 valence electrons. The number of fused-ring (bicyclic) bond motifs is 1. The van der Waals surface area contributed by atoms with Crippen LogP contribution in [0.5, 0.6) is 0 Å². The summed E-state index contributed by atoms with van der Waals surface area (Å²) in [6.07, 6.45) is 6.14. The number of amides is 1. The van der Waals surface area contributed by atoms with Crippen molar-refractivity contribution in [1.82, 2.24) is 24.6 Å². The van der Waals surface area contributed by atoms with Crippen LogP contribution >= 0.6 is 0 Å². The molecule has 6 heteroatoms. The third-order valence-corrected chi connectivity index (χ3v) is 4.83. The highest BCUT2D eigenvalue weighted by atomic mass is 16.2. The van der Waals surface area contributed by atoms with E-state index in [4.69, 9.17) is 0 Å². The minimum absolute atomic E-state index is 0.0899. The predicted molar refractivity (Wildman–Crippen MR) is 88.4 cm³/mol. The highest BCUT2D eigenvalue weighted by Gasteiger charge is 2.32. The van der Waals surface area contributed by atoms with E-state index in [0.29, 0.717) is 5.56 Å². The van der Waals surface area contributed by atoms with Crippen LogP contribution in [0.2, 0.25) is 0 Å². The normalized spacial score (nSPS) is 19.7. The Morgan fingerprint density at radius 3 is 2.57 bits per heavy atom. The molecule has 0 radical (unpaired) electrons. The summed E-state index contributed by atoms with van der Waals surface area (Å²) in [5, 5.41) is 5.30. The number of nitrogens with zero attached hydrogens (tertiary/aromatic N) is 5. The summed E-state index contributed by atoms with van der Waals surface area (Å²) in [5.74, 6) is 0.0899. The van der Waals surface area contributed by atoms with Gasteiger partial charge in [-0.05, 0) is 32.8 Å². The maximum absolute atomic E-state index is 12.7. The van der Waals surface area contributed by atoms with Crippen LogP contribution in [0.3, 0.4) is 0 Å². The van der Waals surface area contributed by atoms with Crippen LogP contribution in [0.4, 0.5) is 0 Å². The quantitative estimate of drug-likeness (QED) is 0.869. The van der Waals surface area contributed by atoms with Crippen LogP contribution < -0.4 is 0 Å². The molecule has 4 rings (SSSR count). The standard InChI is InChI=1S/C17H23N5O/c1-12(2)22-16-13(11-19-22)9-14(10-18-16)17(23)21-7-5-20(6-8-21)15-3-4-15/h9-12,15H,3-8H2,1-2H3. The second kappa shape index (κ2) is 5.60. The minimum Gasteiger partial charge on any atom is -0.336 e. The minimum atomic E-state index is 0.0899. The van der Waals surface area contributed by atoms with Crippen LogP contribution in [0, 0.1) is 0 Å². The SMILES string of the molecule is CC(C)n1ncc2cc(C(=O)N3CCN(C4CC4)CC3)cnc21. The molecular formula is C17H23N5O. The third-order valence-electron chi connectivity index (χ3n) is 4.83. The molecule has 0 unspecified atom stereocenters. The van der Waals surface area contributed by atoms with Crippen LogP contribution in [-0.2, 0) is 0 Å². The summed E-state index contributed by atoms with van der Waals surface area (Å²) in [6, 6.07) is 2.97. The van der Waals surface area contributed by atoms with Crippen LogP contribution in [0.1, 0.15) is 43.1 Å². The molecule has 6 nitrogen and oxygen atoms in total. The number of aromatic nitrogens is 3. The average Bonchev–Trinajstić information content (AvgIpc) is 3.32. The van der Waals surface area contributed by atoms with Crippen molar-refractivity contribution in [1.29, 1.82) is 0 Å². The molecule has 2 aliphatic rings. The maximum atomic E-state index is 12.7. The number of pyridine rings is 1. The number of carbonyl (C=O) groups is 1. The molecule has 1 saturated heterocycles. The number of rotatable bonds is 3. The lowest BCUT2D eigenvalue weighted by molar-refractivity contribution is 0.0627. The number of hydrogen-bond donors (Lipinski definition) is 0. The molecule has 0 aromatic carbocycles. The lowest BCUT2D eigenvalue weighted by Gasteiger charge is -2.34. The molecule has 0 atom stereocenters. The second-order valence-corrected chi connectivity index (χ2v) is 6.88. The van der Waals surface area contributed by atoms with Crippen LogP contribution in [-0.4, -0.2) is 62.7 Å². The van der Waals surface area contributed by atoms with Gasteiger partial charge >= 0.3 is 0 Å². The number of hydrogen-bond acceptors (Lipinski definition) is 4. The highest BCUT2D eigenvalue weighted by molar-refractivity contribution is 5.96. The molecule has 0 bridgehead atoms. The predicted octanol–water partition coefficient (Wildman–Crippen LogP) is 1.93. The van der Waals surface area contributed by atoms with Gasteiger partial charge in [-0.2, -0.15) is 5.10 Å².